The van der Waals surface area contributed by atoms with Crippen LogP contribution in [0.1, 0.15) is 34.8 Å². The molecule has 4 nitrogen and oxygen atoms in total. The molecule has 2 heterocycles. The van der Waals surface area contributed by atoms with Crippen LogP contribution in [0.5, 0.6) is 11.5 Å². The lowest BCUT2D eigenvalue weighted by Gasteiger charge is -2.27. The number of amides is 1. The summed E-state index contributed by atoms with van der Waals surface area (Å²) in [5.74, 6) is -1.11. The predicted molar refractivity (Wildman–Crippen MR) is 98.7 cm³/mol. The first-order valence-corrected chi connectivity index (χ1v) is 9.75. The fraction of sp³-hybridized carbons (Fsp3) is 0.350. The van der Waals surface area contributed by atoms with Gasteiger partial charge < -0.3 is 14.4 Å². The van der Waals surface area contributed by atoms with Crippen molar-refractivity contribution in [3.05, 3.63) is 53.6 Å². The maximum Gasteiger partial charge on any atom is 0.288 e. The first-order chi connectivity index (χ1) is 13.1. The zero-order valence-electron chi connectivity index (χ0n) is 14.6. The number of ether oxygens (including phenoxy) is 2. The smallest absolute Gasteiger partial charge is 0.288 e. The van der Waals surface area contributed by atoms with Gasteiger partial charge in [-0.15, -0.1) is 0 Å². The summed E-state index contributed by atoms with van der Waals surface area (Å²) < 4.78 is 36.1. The maximum absolute atomic E-state index is 13.0. The Balaban J connectivity index is 1.53. The number of rotatable bonds is 4. The molecule has 1 atom stereocenters. The SMILES string of the molecule is O=C(c1ccc(SC(F)F)cc1)N1CCC[C@H]1c1ccc2c(c1)OCCO2. The van der Waals surface area contributed by atoms with Crippen molar-refractivity contribution in [2.45, 2.75) is 29.5 Å². The fourth-order valence-electron chi connectivity index (χ4n) is 3.57. The van der Waals surface area contributed by atoms with Crippen LogP contribution in [0.25, 0.3) is 0 Å². The second-order valence-corrected chi connectivity index (χ2v) is 7.53. The molecule has 2 aromatic rings. The molecular formula is C20H19F2NO3S. The first-order valence-electron chi connectivity index (χ1n) is 8.87. The van der Waals surface area contributed by atoms with Gasteiger partial charge in [0, 0.05) is 17.0 Å². The van der Waals surface area contributed by atoms with Gasteiger partial charge in [-0.2, -0.15) is 8.78 Å². The van der Waals surface area contributed by atoms with E-state index in [0.29, 0.717) is 47.7 Å². The molecule has 1 saturated heterocycles. The van der Waals surface area contributed by atoms with Crippen LogP contribution in [-0.4, -0.2) is 36.3 Å². The molecule has 27 heavy (non-hydrogen) atoms. The molecule has 0 aromatic heterocycles. The van der Waals surface area contributed by atoms with E-state index in [9.17, 15) is 13.6 Å². The lowest BCUT2D eigenvalue weighted by atomic mass is 10.0. The highest BCUT2D eigenvalue weighted by atomic mass is 32.2. The average Bonchev–Trinajstić information content (AvgIpc) is 3.17. The van der Waals surface area contributed by atoms with E-state index in [0.717, 1.165) is 24.2 Å². The summed E-state index contributed by atoms with van der Waals surface area (Å²) in [5, 5.41) is 0. The van der Waals surface area contributed by atoms with E-state index in [2.05, 4.69) is 0 Å². The minimum absolute atomic E-state index is 0.0246. The van der Waals surface area contributed by atoms with Crippen LogP contribution in [0.15, 0.2) is 47.4 Å². The zero-order chi connectivity index (χ0) is 18.8. The van der Waals surface area contributed by atoms with E-state index in [1.165, 1.54) is 0 Å². The number of nitrogens with zero attached hydrogens (tertiary/aromatic N) is 1. The number of halogens is 2. The summed E-state index contributed by atoms with van der Waals surface area (Å²) in [6.07, 6.45) is 1.80. The number of hydrogen-bond donors (Lipinski definition) is 0. The quantitative estimate of drug-likeness (QED) is 0.705. The van der Waals surface area contributed by atoms with E-state index in [1.807, 2.05) is 23.1 Å². The van der Waals surface area contributed by atoms with Crippen LogP contribution in [0.4, 0.5) is 8.78 Å². The average molecular weight is 391 g/mol. The Morgan fingerprint density at radius 2 is 1.81 bits per heavy atom. The standard InChI is InChI=1S/C20H19F2NO3S/c21-20(22)27-15-6-3-13(4-7-15)19(24)23-9-1-2-16(23)14-5-8-17-18(12-14)26-11-10-25-17/h3-8,12,16,20H,1-2,9-11H2/t16-/m0/s1. The Morgan fingerprint density at radius 3 is 2.56 bits per heavy atom. The van der Waals surface area contributed by atoms with Gasteiger partial charge in [0.1, 0.15) is 13.2 Å². The van der Waals surface area contributed by atoms with E-state index in [1.54, 1.807) is 24.3 Å². The highest BCUT2D eigenvalue weighted by Crippen LogP contribution is 2.38. The third-order valence-corrected chi connectivity index (χ3v) is 5.51. The van der Waals surface area contributed by atoms with Gasteiger partial charge in [0.05, 0.1) is 6.04 Å². The van der Waals surface area contributed by atoms with Crippen molar-refractivity contribution in [2.75, 3.05) is 19.8 Å². The molecule has 2 aliphatic heterocycles. The minimum atomic E-state index is -2.47. The van der Waals surface area contributed by atoms with Crippen molar-refractivity contribution in [3.63, 3.8) is 0 Å². The van der Waals surface area contributed by atoms with Crippen molar-refractivity contribution in [2.24, 2.45) is 0 Å². The van der Waals surface area contributed by atoms with Gasteiger partial charge in [-0.25, -0.2) is 0 Å². The Labute approximate surface area is 160 Å². The largest absolute Gasteiger partial charge is 0.486 e. The molecule has 0 bridgehead atoms. The zero-order valence-corrected chi connectivity index (χ0v) is 15.4. The van der Waals surface area contributed by atoms with Gasteiger partial charge in [0.25, 0.3) is 11.7 Å². The molecule has 0 aliphatic carbocycles. The minimum Gasteiger partial charge on any atom is -0.486 e. The highest BCUT2D eigenvalue weighted by Gasteiger charge is 2.31. The molecule has 142 valence electrons. The van der Waals surface area contributed by atoms with Gasteiger partial charge in [0.2, 0.25) is 0 Å². The molecule has 0 unspecified atom stereocenters. The number of alkyl halides is 2. The van der Waals surface area contributed by atoms with Crippen LogP contribution in [0.3, 0.4) is 0 Å². The van der Waals surface area contributed by atoms with Crippen molar-refractivity contribution in [1.29, 1.82) is 0 Å². The summed E-state index contributed by atoms with van der Waals surface area (Å²) in [5.41, 5.74) is 1.54. The van der Waals surface area contributed by atoms with Crippen molar-refractivity contribution >= 4 is 17.7 Å². The molecule has 7 heteroatoms. The van der Waals surface area contributed by atoms with E-state index >= 15 is 0 Å². The van der Waals surface area contributed by atoms with Crippen LogP contribution < -0.4 is 9.47 Å². The molecule has 1 amide bonds. The Bertz CT molecular complexity index is 828. The first kappa shape index (κ1) is 18.1. The van der Waals surface area contributed by atoms with Crippen LogP contribution in [0, 0.1) is 0 Å². The number of carbonyl (C=O) groups excluding carboxylic acids is 1. The van der Waals surface area contributed by atoms with Crippen LogP contribution in [0.2, 0.25) is 0 Å². The lowest BCUT2D eigenvalue weighted by molar-refractivity contribution is 0.0735. The van der Waals surface area contributed by atoms with Gasteiger partial charge in [-0.3, -0.25) is 4.79 Å². The molecule has 0 spiro atoms. The van der Waals surface area contributed by atoms with Crippen molar-refractivity contribution in [3.8, 4) is 11.5 Å². The lowest BCUT2D eigenvalue weighted by Crippen LogP contribution is -2.30. The summed E-state index contributed by atoms with van der Waals surface area (Å²) in [6, 6.07) is 12.2. The third kappa shape index (κ3) is 3.88. The Hall–Kier alpha value is -2.28. The third-order valence-electron chi connectivity index (χ3n) is 4.79. The van der Waals surface area contributed by atoms with E-state index in [-0.39, 0.29) is 11.9 Å². The summed E-state index contributed by atoms with van der Waals surface area (Å²) >= 11 is 0.478. The number of thioether (sulfide) groups is 1. The Morgan fingerprint density at radius 1 is 1.07 bits per heavy atom. The number of carbonyl (C=O) groups is 1. The van der Waals surface area contributed by atoms with Crippen LogP contribution >= 0.6 is 11.8 Å². The van der Waals surface area contributed by atoms with E-state index < -0.39 is 5.76 Å². The molecule has 0 saturated carbocycles. The molecule has 4 rings (SSSR count). The topological polar surface area (TPSA) is 38.8 Å². The summed E-state index contributed by atoms with van der Waals surface area (Å²) in [4.78, 5) is 15.3. The monoisotopic (exact) mass is 391 g/mol. The van der Waals surface area contributed by atoms with Gasteiger partial charge in [0.15, 0.2) is 11.5 Å². The molecule has 2 aromatic carbocycles. The van der Waals surface area contributed by atoms with Gasteiger partial charge in [-0.05, 0) is 54.8 Å². The normalized spacial score (nSPS) is 18.8. The predicted octanol–water partition coefficient (Wildman–Crippen LogP) is 4.75. The highest BCUT2D eigenvalue weighted by molar-refractivity contribution is 7.99. The number of benzene rings is 2. The molecule has 0 N–H and O–H groups in total. The van der Waals surface area contributed by atoms with E-state index in [4.69, 9.17) is 9.47 Å². The molecule has 2 aliphatic rings. The second-order valence-electron chi connectivity index (χ2n) is 6.46. The number of likely N-dealkylation sites (tertiary alicyclic amines) is 1. The Kier molecular flexibility index (Phi) is 5.20. The molecular weight excluding hydrogens is 372 g/mol. The van der Waals surface area contributed by atoms with Crippen LogP contribution in [-0.2, 0) is 0 Å². The molecule has 0 radical (unpaired) electrons. The molecule has 1 fully saturated rings. The summed E-state index contributed by atoms with van der Waals surface area (Å²) in [6.45, 7) is 1.73. The maximum atomic E-state index is 13.0. The fourth-order valence-corrected chi connectivity index (χ4v) is 4.07. The summed E-state index contributed by atoms with van der Waals surface area (Å²) in [7, 11) is 0. The van der Waals surface area contributed by atoms with Crippen molar-refractivity contribution < 1.29 is 23.0 Å². The number of fused-ring (bicyclic) bond motifs is 1. The van der Waals surface area contributed by atoms with Gasteiger partial charge in [-0.1, -0.05) is 17.8 Å². The van der Waals surface area contributed by atoms with Gasteiger partial charge >= 0.3 is 0 Å². The van der Waals surface area contributed by atoms with Crippen molar-refractivity contribution in [1.82, 2.24) is 4.90 Å². The number of hydrogen-bond acceptors (Lipinski definition) is 4. The second kappa shape index (κ2) is 7.76.